The molecule has 19 heavy (non-hydrogen) atoms. The number of piperidine rings is 1. The van der Waals surface area contributed by atoms with Gasteiger partial charge in [-0.2, -0.15) is 0 Å². The summed E-state index contributed by atoms with van der Waals surface area (Å²) in [6.07, 6.45) is 3.86. The molecular weight excluding hydrogens is 242 g/mol. The van der Waals surface area contributed by atoms with Crippen LogP contribution >= 0.6 is 0 Å². The monoisotopic (exact) mass is 271 g/mol. The third-order valence-corrected chi connectivity index (χ3v) is 3.73. The van der Waals surface area contributed by atoms with Crippen molar-refractivity contribution in [2.75, 3.05) is 39.9 Å². The number of hydrogen-bond donors (Lipinski definition) is 2. The van der Waals surface area contributed by atoms with Crippen LogP contribution in [0, 0.1) is 5.92 Å². The van der Waals surface area contributed by atoms with Crippen molar-refractivity contribution in [1.82, 2.24) is 10.2 Å². The van der Waals surface area contributed by atoms with Gasteiger partial charge in [0, 0.05) is 39.2 Å². The van der Waals surface area contributed by atoms with E-state index in [1.165, 1.54) is 12.8 Å². The summed E-state index contributed by atoms with van der Waals surface area (Å²) in [6.45, 7) is 6.19. The van der Waals surface area contributed by atoms with Crippen LogP contribution in [0.5, 0.6) is 0 Å². The van der Waals surface area contributed by atoms with Gasteiger partial charge >= 0.3 is 0 Å². The van der Waals surface area contributed by atoms with E-state index in [1.54, 1.807) is 7.11 Å². The number of hydrogen-bond acceptors (Lipinski definition) is 4. The fourth-order valence-corrected chi connectivity index (χ4v) is 2.71. The van der Waals surface area contributed by atoms with Crippen molar-refractivity contribution in [3.8, 4) is 0 Å². The van der Waals surface area contributed by atoms with E-state index in [0.29, 0.717) is 18.9 Å². The van der Waals surface area contributed by atoms with Crippen LogP contribution in [0.4, 0.5) is 0 Å². The van der Waals surface area contributed by atoms with Gasteiger partial charge in [0.15, 0.2) is 0 Å². The molecule has 0 aromatic carbocycles. The van der Waals surface area contributed by atoms with Gasteiger partial charge in [0.1, 0.15) is 0 Å². The van der Waals surface area contributed by atoms with Crippen molar-refractivity contribution < 1.29 is 9.53 Å². The van der Waals surface area contributed by atoms with Crippen LogP contribution in [-0.4, -0.2) is 56.7 Å². The molecule has 2 unspecified atom stereocenters. The maximum Gasteiger partial charge on any atom is 0.221 e. The number of nitrogens with two attached hydrogens (primary N) is 1. The van der Waals surface area contributed by atoms with E-state index in [2.05, 4.69) is 17.1 Å². The minimum Gasteiger partial charge on any atom is -0.384 e. The first-order valence-electron chi connectivity index (χ1n) is 7.41. The second-order valence-corrected chi connectivity index (χ2v) is 5.40. The Kier molecular flexibility index (Phi) is 8.02. The fourth-order valence-electron chi connectivity index (χ4n) is 2.71. The summed E-state index contributed by atoms with van der Waals surface area (Å²) in [5.41, 5.74) is 5.85. The van der Waals surface area contributed by atoms with Crippen LogP contribution in [0.1, 0.15) is 32.6 Å². The lowest BCUT2D eigenvalue weighted by molar-refractivity contribution is -0.122. The summed E-state index contributed by atoms with van der Waals surface area (Å²) < 4.78 is 5.24. The van der Waals surface area contributed by atoms with Crippen molar-refractivity contribution in [3.63, 3.8) is 0 Å². The van der Waals surface area contributed by atoms with E-state index in [9.17, 15) is 4.79 Å². The normalized spacial score (nSPS) is 22.2. The molecule has 1 fully saturated rings. The van der Waals surface area contributed by atoms with Crippen LogP contribution in [0.3, 0.4) is 0 Å². The highest BCUT2D eigenvalue weighted by Gasteiger charge is 2.26. The third-order valence-electron chi connectivity index (χ3n) is 3.73. The van der Waals surface area contributed by atoms with E-state index in [-0.39, 0.29) is 11.9 Å². The van der Waals surface area contributed by atoms with Gasteiger partial charge in [0.25, 0.3) is 0 Å². The standard InChI is InChI=1S/C14H29N3O2/c1-3-6-16-14(18)8-13(9-15)17-7-4-5-12(10-17)11-19-2/h12-13H,3-11,15H2,1-2H3,(H,16,18). The molecule has 0 bridgehead atoms. The molecule has 1 amide bonds. The predicted octanol–water partition coefficient (Wildman–Crippen LogP) is 0.588. The number of rotatable bonds is 8. The number of carbonyl (C=O) groups excluding carboxylic acids is 1. The predicted molar refractivity (Wildman–Crippen MR) is 76.9 cm³/mol. The number of ether oxygens (including phenoxy) is 1. The molecule has 3 N–H and O–H groups in total. The van der Waals surface area contributed by atoms with Gasteiger partial charge in [0.2, 0.25) is 5.91 Å². The molecule has 1 saturated heterocycles. The molecule has 1 aliphatic heterocycles. The van der Waals surface area contributed by atoms with Crippen molar-refractivity contribution in [2.45, 2.75) is 38.6 Å². The summed E-state index contributed by atoms with van der Waals surface area (Å²) in [7, 11) is 1.75. The van der Waals surface area contributed by atoms with Crippen molar-refractivity contribution >= 4 is 5.91 Å². The zero-order valence-corrected chi connectivity index (χ0v) is 12.4. The average Bonchev–Trinajstić information content (AvgIpc) is 2.43. The van der Waals surface area contributed by atoms with Gasteiger partial charge < -0.3 is 15.8 Å². The number of methoxy groups -OCH3 is 1. The fraction of sp³-hybridized carbons (Fsp3) is 0.929. The maximum absolute atomic E-state index is 11.8. The van der Waals surface area contributed by atoms with Gasteiger partial charge in [-0.1, -0.05) is 6.92 Å². The Bertz CT molecular complexity index is 259. The van der Waals surface area contributed by atoms with E-state index < -0.39 is 0 Å². The number of nitrogens with zero attached hydrogens (tertiary/aromatic N) is 1. The molecule has 0 aromatic rings. The van der Waals surface area contributed by atoms with Gasteiger partial charge in [-0.15, -0.1) is 0 Å². The first-order valence-corrected chi connectivity index (χ1v) is 7.41. The molecule has 0 saturated carbocycles. The Morgan fingerprint density at radius 3 is 3.00 bits per heavy atom. The Morgan fingerprint density at radius 1 is 1.58 bits per heavy atom. The first-order chi connectivity index (χ1) is 9.21. The van der Waals surface area contributed by atoms with E-state index in [1.807, 2.05) is 0 Å². The van der Waals surface area contributed by atoms with Gasteiger partial charge in [-0.05, 0) is 31.7 Å². The highest BCUT2D eigenvalue weighted by Crippen LogP contribution is 2.19. The number of nitrogens with one attached hydrogen (secondary N) is 1. The zero-order chi connectivity index (χ0) is 14.1. The lowest BCUT2D eigenvalue weighted by Gasteiger charge is -2.37. The van der Waals surface area contributed by atoms with Gasteiger partial charge in [-0.3, -0.25) is 9.69 Å². The smallest absolute Gasteiger partial charge is 0.221 e. The molecule has 1 heterocycles. The molecule has 2 atom stereocenters. The van der Waals surface area contributed by atoms with Crippen molar-refractivity contribution in [2.24, 2.45) is 11.7 Å². The Labute approximate surface area is 116 Å². The van der Waals surface area contributed by atoms with Gasteiger partial charge in [0.05, 0.1) is 6.61 Å². The van der Waals surface area contributed by atoms with Crippen molar-refractivity contribution in [1.29, 1.82) is 0 Å². The first kappa shape index (κ1) is 16.4. The van der Waals surface area contributed by atoms with Crippen LogP contribution in [0.2, 0.25) is 0 Å². The van der Waals surface area contributed by atoms with Crippen molar-refractivity contribution in [3.05, 3.63) is 0 Å². The summed E-state index contributed by atoms with van der Waals surface area (Å²) >= 11 is 0. The Hall–Kier alpha value is -0.650. The van der Waals surface area contributed by atoms with E-state index in [0.717, 1.165) is 32.7 Å². The average molecular weight is 271 g/mol. The molecule has 1 aliphatic rings. The van der Waals surface area contributed by atoms with E-state index in [4.69, 9.17) is 10.5 Å². The summed E-state index contributed by atoms with van der Waals surface area (Å²) in [6, 6.07) is 0.163. The van der Waals surface area contributed by atoms with Gasteiger partial charge in [-0.25, -0.2) is 0 Å². The molecule has 112 valence electrons. The highest BCUT2D eigenvalue weighted by molar-refractivity contribution is 5.76. The minimum atomic E-state index is 0.117. The quantitative estimate of drug-likeness (QED) is 0.678. The lowest BCUT2D eigenvalue weighted by Crippen LogP contribution is -2.49. The number of likely N-dealkylation sites (tertiary alicyclic amines) is 1. The van der Waals surface area contributed by atoms with Crippen LogP contribution in [-0.2, 0) is 9.53 Å². The number of carbonyl (C=O) groups is 1. The Balaban J connectivity index is 2.42. The molecule has 5 nitrogen and oxygen atoms in total. The molecule has 0 aliphatic carbocycles. The summed E-state index contributed by atoms with van der Waals surface area (Å²) in [4.78, 5) is 14.2. The highest BCUT2D eigenvalue weighted by atomic mass is 16.5. The van der Waals surface area contributed by atoms with E-state index >= 15 is 0 Å². The summed E-state index contributed by atoms with van der Waals surface area (Å²) in [5.74, 6) is 0.692. The molecule has 0 radical (unpaired) electrons. The third kappa shape index (κ3) is 5.89. The lowest BCUT2D eigenvalue weighted by atomic mass is 9.96. The van der Waals surface area contributed by atoms with Crippen LogP contribution in [0.15, 0.2) is 0 Å². The topological polar surface area (TPSA) is 67.6 Å². The molecule has 5 heteroatoms. The largest absolute Gasteiger partial charge is 0.384 e. The Morgan fingerprint density at radius 2 is 2.37 bits per heavy atom. The molecule has 0 aromatic heterocycles. The molecule has 1 rings (SSSR count). The second kappa shape index (κ2) is 9.28. The maximum atomic E-state index is 11.8. The SMILES string of the molecule is CCCNC(=O)CC(CN)N1CCCC(COC)C1. The van der Waals surface area contributed by atoms with Crippen LogP contribution in [0.25, 0.3) is 0 Å². The number of amides is 1. The molecular formula is C14H29N3O2. The molecule has 0 spiro atoms. The zero-order valence-electron chi connectivity index (χ0n) is 12.4. The second-order valence-electron chi connectivity index (χ2n) is 5.40. The minimum absolute atomic E-state index is 0.117. The summed E-state index contributed by atoms with van der Waals surface area (Å²) in [5, 5.41) is 2.93. The van der Waals surface area contributed by atoms with Crippen LogP contribution < -0.4 is 11.1 Å².